The number of benzene rings is 1. The summed E-state index contributed by atoms with van der Waals surface area (Å²) >= 11 is 0. The molecule has 2 atom stereocenters. The first-order chi connectivity index (χ1) is 9.22. The van der Waals surface area contributed by atoms with Crippen molar-refractivity contribution < 1.29 is 9.50 Å². The third kappa shape index (κ3) is 3.75. The van der Waals surface area contributed by atoms with Gasteiger partial charge in [-0.25, -0.2) is 4.39 Å². The lowest BCUT2D eigenvalue weighted by Gasteiger charge is -2.35. The molecule has 1 aromatic rings. The van der Waals surface area contributed by atoms with E-state index in [1.54, 1.807) is 12.1 Å². The maximum absolute atomic E-state index is 13.6. The zero-order valence-corrected chi connectivity index (χ0v) is 11.3. The van der Waals surface area contributed by atoms with E-state index in [0.717, 1.165) is 25.9 Å². The number of aliphatic hydroxyl groups excluding tert-OH is 1. The van der Waals surface area contributed by atoms with Crippen molar-refractivity contribution in [3.8, 4) is 0 Å². The van der Waals surface area contributed by atoms with Crippen LogP contribution >= 0.6 is 0 Å². The molecular formula is C15H23FN2O. The molecule has 2 rings (SSSR count). The number of hydrogen-bond donors (Lipinski definition) is 2. The van der Waals surface area contributed by atoms with Gasteiger partial charge in [0.25, 0.3) is 0 Å². The monoisotopic (exact) mass is 266 g/mol. The summed E-state index contributed by atoms with van der Waals surface area (Å²) < 4.78 is 13.6. The van der Waals surface area contributed by atoms with Gasteiger partial charge in [0, 0.05) is 24.2 Å². The fourth-order valence-electron chi connectivity index (χ4n) is 2.80. The Kier molecular flexibility index (Phi) is 5.31. The van der Waals surface area contributed by atoms with Gasteiger partial charge >= 0.3 is 0 Å². The Morgan fingerprint density at radius 1 is 1.37 bits per heavy atom. The number of rotatable bonds is 5. The summed E-state index contributed by atoms with van der Waals surface area (Å²) in [7, 11) is 0. The Hall–Kier alpha value is -0.970. The summed E-state index contributed by atoms with van der Waals surface area (Å²) in [5.74, 6) is -0.229. The highest BCUT2D eigenvalue weighted by Crippen LogP contribution is 2.21. The van der Waals surface area contributed by atoms with Gasteiger partial charge in [0.1, 0.15) is 5.82 Å². The van der Waals surface area contributed by atoms with E-state index < -0.39 is 0 Å². The van der Waals surface area contributed by atoms with Crippen LogP contribution in [0.4, 0.5) is 4.39 Å². The Bertz CT molecular complexity index is 399. The molecule has 1 aromatic carbocycles. The Balaban J connectivity index is 1.89. The van der Waals surface area contributed by atoms with E-state index in [-0.39, 0.29) is 24.5 Å². The molecule has 19 heavy (non-hydrogen) atoms. The molecule has 0 radical (unpaired) electrons. The molecule has 3 N–H and O–H groups in total. The van der Waals surface area contributed by atoms with Crippen molar-refractivity contribution in [1.29, 1.82) is 0 Å². The van der Waals surface area contributed by atoms with Crippen LogP contribution in [0, 0.1) is 5.82 Å². The smallest absolute Gasteiger partial charge is 0.127 e. The highest BCUT2D eigenvalue weighted by molar-refractivity contribution is 5.20. The molecule has 0 spiro atoms. The minimum atomic E-state index is -0.275. The van der Waals surface area contributed by atoms with Gasteiger partial charge in [-0.2, -0.15) is 0 Å². The second-order valence-corrected chi connectivity index (χ2v) is 5.28. The van der Waals surface area contributed by atoms with E-state index >= 15 is 0 Å². The molecule has 0 bridgehead atoms. The summed E-state index contributed by atoms with van der Waals surface area (Å²) in [6.45, 7) is 2.03. The highest BCUT2D eigenvalue weighted by atomic mass is 19.1. The zero-order valence-electron chi connectivity index (χ0n) is 11.3. The second-order valence-electron chi connectivity index (χ2n) is 5.28. The van der Waals surface area contributed by atoms with Crippen LogP contribution in [0.2, 0.25) is 0 Å². The van der Waals surface area contributed by atoms with Crippen LogP contribution in [0.1, 0.15) is 37.3 Å². The molecule has 0 amide bonds. The summed E-state index contributed by atoms with van der Waals surface area (Å²) in [5.41, 5.74) is 6.65. The predicted octanol–water partition coefficient (Wildman–Crippen LogP) is 2.06. The zero-order chi connectivity index (χ0) is 13.7. The molecule has 3 nitrogen and oxygen atoms in total. The van der Waals surface area contributed by atoms with Gasteiger partial charge in [0.15, 0.2) is 0 Å². The van der Waals surface area contributed by atoms with Crippen molar-refractivity contribution >= 4 is 0 Å². The van der Waals surface area contributed by atoms with E-state index in [2.05, 4.69) is 4.90 Å². The fraction of sp³-hybridized carbons (Fsp3) is 0.600. The number of aliphatic hydroxyl groups is 1. The molecule has 2 unspecified atom stereocenters. The van der Waals surface area contributed by atoms with Crippen molar-refractivity contribution in [2.75, 3.05) is 19.7 Å². The van der Waals surface area contributed by atoms with E-state index in [1.165, 1.54) is 18.9 Å². The van der Waals surface area contributed by atoms with Crippen LogP contribution in [-0.4, -0.2) is 35.7 Å². The number of hydrogen-bond acceptors (Lipinski definition) is 3. The van der Waals surface area contributed by atoms with Gasteiger partial charge in [-0.15, -0.1) is 0 Å². The Morgan fingerprint density at radius 3 is 2.89 bits per heavy atom. The van der Waals surface area contributed by atoms with Gasteiger partial charge in [-0.3, -0.25) is 4.90 Å². The van der Waals surface area contributed by atoms with Crippen LogP contribution in [0.25, 0.3) is 0 Å². The van der Waals surface area contributed by atoms with Gasteiger partial charge in [-0.1, -0.05) is 24.6 Å². The first kappa shape index (κ1) is 14.4. The van der Waals surface area contributed by atoms with Crippen LogP contribution in [0.3, 0.4) is 0 Å². The van der Waals surface area contributed by atoms with E-state index in [4.69, 9.17) is 5.73 Å². The first-order valence-corrected chi connectivity index (χ1v) is 7.07. The van der Waals surface area contributed by atoms with Gasteiger partial charge < -0.3 is 10.8 Å². The van der Waals surface area contributed by atoms with Crippen LogP contribution < -0.4 is 5.73 Å². The van der Waals surface area contributed by atoms with Crippen molar-refractivity contribution in [1.82, 2.24) is 4.90 Å². The molecule has 1 fully saturated rings. The number of piperidine rings is 1. The normalized spacial score (nSPS) is 22.4. The second kappa shape index (κ2) is 6.98. The molecule has 0 aromatic heterocycles. The third-order valence-electron chi connectivity index (χ3n) is 3.99. The molecule has 0 saturated carbocycles. The summed E-state index contributed by atoms with van der Waals surface area (Å²) in [6.07, 6.45) is 4.12. The maximum Gasteiger partial charge on any atom is 0.127 e. The lowest BCUT2D eigenvalue weighted by molar-refractivity contribution is 0.0875. The molecule has 1 heterocycles. The van der Waals surface area contributed by atoms with Crippen LogP contribution in [0.5, 0.6) is 0 Å². The molecule has 0 aliphatic carbocycles. The topological polar surface area (TPSA) is 49.5 Å². The highest BCUT2D eigenvalue weighted by Gasteiger charge is 2.22. The van der Waals surface area contributed by atoms with Crippen molar-refractivity contribution in [2.24, 2.45) is 5.73 Å². The minimum Gasteiger partial charge on any atom is -0.395 e. The largest absolute Gasteiger partial charge is 0.395 e. The van der Waals surface area contributed by atoms with Gasteiger partial charge in [-0.05, 0) is 31.9 Å². The lowest BCUT2D eigenvalue weighted by Crippen LogP contribution is -2.42. The fourth-order valence-corrected chi connectivity index (χ4v) is 2.80. The van der Waals surface area contributed by atoms with E-state index in [0.29, 0.717) is 5.56 Å². The molecule has 4 heteroatoms. The lowest BCUT2D eigenvalue weighted by atomic mass is 10.00. The number of halogens is 1. The van der Waals surface area contributed by atoms with Crippen molar-refractivity contribution in [2.45, 2.75) is 37.8 Å². The van der Waals surface area contributed by atoms with Gasteiger partial charge in [0.2, 0.25) is 0 Å². The van der Waals surface area contributed by atoms with Crippen molar-refractivity contribution in [3.63, 3.8) is 0 Å². The average Bonchev–Trinajstić information content (AvgIpc) is 2.45. The van der Waals surface area contributed by atoms with Gasteiger partial charge in [0.05, 0.1) is 6.61 Å². The first-order valence-electron chi connectivity index (χ1n) is 7.07. The molecule has 1 saturated heterocycles. The quantitative estimate of drug-likeness (QED) is 0.857. The summed E-state index contributed by atoms with van der Waals surface area (Å²) in [6, 6.07) is 6.67. The number of nitrogens with two attached hydrogens (primary N) is 1. The minimum absolute atomic E-state index is 0.203. The predicted molar refractivity (Wildman–Crippen MR) is 74.2 cm³/mol. The molecule has 1 aliphatic heterocycles. The van der Waals surface area contributed by atoms with Crippen LogP contribution in [-0.2, 0) is 0 Å². The molecular weight excluding hydrogens is 243 g/mol. The van der Waals surface area contributed by atoms with Crippen LogP contribution in [0.15, 0.2) is 24.3 Å². The standard InChI is InChI=1S/C15H23FN2O/c16-14-7-2-1-6-13(14)15(17)8-10-18-9-4-3-5-12(18)11-19/h1-2,6-7,12,15,19H,3-5,8-11,17H2. The molecule has 1 aliphatic rings. The summed E-state index contributed by atoms with van der Waals surface area (Å²) in [5, 5.41) is 9.35. The molecule has 106 valence electrons. The Labute approximate surface area is 114 Å². The number of likely N-dealkylation sites (tertiary alicyclic amines) is 1. The maximum atomic E-state index is 13.6. The van der Waals surface area contributed by atoms with E-state index in [9.17, 15) is 9.50 Å². The summed E-state index contributed by atoms with van der Waals surface area (Å²) in [4.78, 5) is 2.28. The Morgan fingerprint density at radius 2 is 2.16 bits per heavy atom. The van der Waals surface area contributed by atoms with E-state index in [1.807, 2.05) is 6.07 Å². The SMILES string of the molecule is NC(CCN1CCCCC1CO)c1ccccc1F. The third-order valence-corrected chi connectivity index (χ3v) is 3.99. The van der Waals surface area contributed by atoms with Crippen molar-refractivity contribution in [3.05, 3.63) is 35.6 Å². The number of nitrogens with zero attached hydrogens (tertiary/aromatic N) is 1. The average molecular weight is 266 g/mol.